The molecule has 118 valence electrons. The fourth-order valence-corrected chi connectivity index (χ4v) is 2.26. The molecule has 9 nitrogen and oxygen atoms in total. The number of carbonyl (C=O) groups is 1. The van der Waals surface area contributed by atoms with Crippen LogP contribution in [0, 0.1) is 6.92 Å². The highest BCUT2D eigenvalue weighted by Crippen LogP contribution is 2.17. The van der Waals surface area contributed by atoms with Crippen molar-refractivity contribution >= 4 is 5.91 Å². The van der Waals surface area contributed by atoms with Crippen molar-refractivity contribution in [2.45, 2.75) is 26.3 Å². The molecule has 0 saturated carbocycles. The maximum atomic E-state index is 12.6. The quantitative estimate of drug-likeness (QED) is 0.725. The fraction of sp³-hybridized carbons (Fsp3) is 0.286. The Morgan fingerprint density at radius 2 is 2.35 bits per heavy atom. The van der Waals surface area contributed by atoms with Crippen molar-refractivity contribution < 1.29 is 4.79 Å². The number of tetrazole rings is 1. The third-order valence-corrected chi connectivity index (χ3v) is 3.45. The number of hydrogen-bond acceptors (Lipinski definition) is 6. The van der Waals surface area contributed by atoms with E-state index in [0.717, 1.165) is 17.7 Å². The van der Waals surface area contributed by atoms with Crippen LogP contribution in [0.15, 0.2) is 30.9 Å². The number of amides is 1. The molecule has 3 aromatic rings. The second kappa shape index (κ2) is 6.34. The monoisotopic (exact) mass is 312 g/mol. The number of aryl methyl sites for hydroxylation is 1. The highest BCUT2D eigenvalue weighted by Gasteiger charge is 2.20. The molecule has 3 heterocycles. The Hall–Kier alpha value is -3.10. The van der Waals surface area contributed by atoms with Crippen LogP contribution in [0.2, 0.25) is 0 Å². The second-order valence-corrected chi connectivity index (χ2v) is 5.08. The number of pyridine rings is 1. The first-order chi connectivity index (χ1) is 11.2. The van der Waals surface area contributed by atoms with Gasteiger partial charge in [0.05, 0.1) is 17.9 Å². The van der Waals surface area contributed by atoms with Crippen LogP contribution in [0.4, 0.5) is 0 Å². The predicted octanol–water partition coefficient (Wildman–Crippen LogP) is 0.970. The van der Waals surface area contributed by atoms with Gasteiger partial charge in [0.25, 0.3) is 5.91 Å². The Morgan fingerprint density at radius 3 is 3.04 bits per heavy atom. The van der Waals surface area contributed by atoms with Crippen LogP contribution in [0.3, 0.4) is 0 Å². The number of aromatic amines is 1. The highest BCUT2D eigenvalue weighted by molar-refractivity contribution is 5.97. The number of carbonyl (C=O) groups excluding carboxylic acids is 1. The van der Waals surface area contributed by atoms with Gasteiger partial charge in [-0.3, -0.25) is 14.9 Å². The minimum atomic E-state index is -0.264. The number of hydrogen-bond donors (Lipinski definition) is 2. The van der Waals surface area contributed by atoms with Crippen LogP contribution in [0.25, 0.3) is 5.82 Å². The van der Waals surface area contributed by atoms with Crippen molar-refractivity contribution in [3.05, 3.63) is 47.7 Å². The lowest BCUT2D eigenvalue weighted by Crippen LogP contribution is -2.29. The Balaban J connectivity index is 1.83. The maximum Gasteiger partial charge on any atom is 0.257 e. The Labute approximate surface area is 132 Å². The van der Waals surface area contributed by atoms with Crippen LogP contribution in [0.5, 0.6) is 0 Å². The van der Waals surface area contributed by atoms with Crippen molar-refractivity contribution in [2.75, 3.05) is 0 Å². The molecule has 0 radical (unpaired) electrons. The summed E-state index contributed by atoms with van der Waals surface area (Å²) in [5.74, 6) is 0.152. The third-order valence-electron chi connectivity index (χ3n) is 3.45. The van der Waals surface area contributed by atoms with Crippen LogP contribution in [-0.2, 0) is 0 Å². The van der Waals surface area contributed by atoms with Crippen molar-refractivity contribution in [1.29, 1.82) is 0 Å². The molecule has 0 bridgehead atoms. The van der Waals surface area contributed by atoms with E-state index in [-0.39, 0.29) is 11.9 Å². The average molecular weight is 312 g/mol. The summed E-state index contributed by atoms with van der Waals surface area (Å²) in [5, 5.41) is 20.5. The molecule has 3 aromatic heterocycles. The molecule has 9 heteroatoms. The molecule has 1 atom stereocenters. The zero-order valence-electron chi connectivity index (χ0n) is 12.8. The van der Waals surface area contributed by atoms with E-state index in [2.05, 4.69) is 36.0 Å². The van der Waals surface area contributed by atoms with E-state index in [1.165, 1.54) is 17.2 Å². The first-order valence-electron chi connectivity index (χ1n) is 7.19. The van der Waals surface area contributed by atoms with Crippen molar-refractivity contribution in [3.8, 4) is 5.82 Å². The normalized spacial score (nSPS) is 12.1. The maximum absolute atomic E-state index is 12.6. The van der Waals surface area contributed by atoms with Crippen LogP contribution >= 0.6 is 0 Å². The predicted molar refractivity (Wildman–Crippen MR) is 80.8 cm³/mol. The lowest BCUT2D eigenvalue weighted by molar-refractivity contribution is 0.0934. The van der Waals surface area contributed by atoms with Gasteiger partial charge >= 0.3 is 0 Å². The lowest BCUT2D eigenvalue weighted by Gasteiger charge is -2.16. The summed E-state index contributed by atoms with van der Waals surface area (Å²) in [6.07, 6.45) is 5.30. The standard InChI is InChI=1S/C14H16N8O/c1-3-11(12-6-9(2)4-5-15-12)18-14(23)10-7-16-19-13(10)22-8-17-20-21-22/h4-8,11H,3H2,1-2H3,(H,16,19)(H,18,23)/t11-/m1/s1. The molecule has 23 heavy (non-hydrogen) atoms. The largest absolute Gasteiger partial charge is 0.344 e. The molecule has 0 unspecified atom stereocenters. The first-order valence-corrected chi connectivity index (χ1v) is 7.19. The number of nitrogens with zero attached hydrogens (tertiary/aromatic N) is 6. The Kier molecular flexibility index (Phi) is 4.09. The lowest BCUT2D eigenvalue weighted by atomic mass is 10.1. The van der Waals surface area contributed by atoms with Crippen molar-refractivity contribution in [3.63, 3.8) is 0 Å². The van der Waals surface area contributed by atoms with Gasteiger partial charge in [0.2, 0.25) is 0 Å². The third kappa shape index (κ3) is 3.07. The van der Waals surface area contributed by atoms with Crippen LogP contribution in [-0.4, -0.2) is 41.3 Å². The van der Waals surface area contributed by atoms with E-state index >= 15 is 0 Å². The van der Waals surface area contributed by atoms with Gasteiger partial charge in [-0.15, -0.1) is 5.10 Å². The Bertz CT molecular complexity index is 795. The molecule has 0 aliphatic carbocycles. The summed E-state index contributed by atoms with van der Waals surface area (Å²) in [5.41, 5.74) is 2.29. The van der Waals surface area contributed by atoms with Crippen LogP contribution < -0.4 is 5.32 Å². The second-order valence-electron chi connectivity index (χ2n) is 5.08. The molecule has 3 rings (SSSR count). The summed E-state index contributed by atoms with van der Waals surface area (Å²) in [4.78, 5) is 16.9. The van der Waals surface area contributed by atoms with Gasteiger partial charge in [-0.05, 0) is 41.5 Å². The zero-order chi connectivity index (χ0) is 16.2. The topological polar surface area (TPSA) is 114 Å². The minimum Gasteiger partial charge on any atom is -0.344 e. The van der Waals surface area contributed by atoms with Gasteiger partial charge in [-0.2, -0.15) is 9.78 Å². The van der Waals surface area contributed by atoms with Gasteiger partial charge in [0, 0.05) is 6.20 Å². The van der Waals surface area contributed by atoms with Crippen LogP contribution in [0.1, 0.15) is 41.0 Å². The average Bonchev–Trinajstić information content (AvgIpc) is 3.22. The van der Waals surface area contributed by atoms with Crippen molar-refractivity contribution in [1.82, 2.24) is 40.7 Å². The minimum absolute atomic E-state index is 0.181. The number of rotatable bonds is 5. The van der Waals surface area contributed by atoms with Gasteiger partial charge in [0.15, 0.2) is 5.82 Å². The van der Waals surface area contributed by atoms with E-state index in [1.807, 2.05) is 26.0 Å². The van der Waals surface area contributed by atoms with Crippen molar-refractivity contribution in [2.24, 2.45) is 0 Å². The zero-order valence-corrected chi connectivity index (χ0v) is 12.8. The molecule has 0 spiro atoms. The van der Waals surface area contributed by atoms with Gasteiger partial charge in [-0.25, -0.2) is 0 Å². The highest BCUT2D eigenvalue weighted by atomic mass is 16.1. The smallest absolute Gasteiger partial charge is 0.257 e. The molecule has 1 amide bonds. The number of H-pyrrole nitrogens is 1. The number of aromatic nitrogens is 7. The van der Waals surface area contributed by atoms with Gasteiger partial charge in [-0.1, -0.05) is 6.92 Å². The van der Waals surface area contributed by atoms with E-state index in [9.17, 15) is 4.79 Å². The summed E-state index contributed by atoms with van der Waals surface area (Å²) < 4.78 is 1.35. The number of nitrogens with one attached hydrogen (secondary N) is 2. The fourth-order valence-electron chi connectivity index (χ4n) is 2.26. The molecule has 0 aliphatic heterocycles. The molecule has 0 saturated heterocycles. The molecule has 0 aliphatic rings. The van der Waals surface area contributed by atoms with Gasteiger partial charge in [0.1, 0.15) is 11.9 Å². The van der Waals surface area contributed by atoms with E-state index in [4.69, 9.17) is 0 Å². The summed E-state index contributed by atoms with van der Waals surface area (Å²) >= 11 is 0. The van der Waals surface area contributed by atoms with E-state index < -0.39 is 0 Å². The van der Waals surface area contributed by atoms with E-state index in [0.29, 0.717) is 11.4 Å². The summed E-state index contributed by atoms with van der Waals surface area (Å²) in [6, 6.07) is 3.70. The molecule has 0 fully saturated rings. The van der Waals surface area contributed by atoms with Gasteiger partial charge < -0.3 is 5.32 Å². The van der Waals surface area contributed by atoms with E-state index in [1.54, 1.807) is 6.20 Å². The molecule has 2 N–H and O–H groups in total. The molecular weight excluding hydrogens is 296 g/mol. The molecular formula is C14H16N8O. The first kappa shape index (κ1) is 14.8. The Morgan fingerprint density at radius 1 is 1.48 bits per heavy atom. The molecule has 0 aromatic carbocycles. The summed E-state index contributed by atoms with van der Waals surface area (Å²) in [7, 11) is 0. The SMILES string of the molecule is CC[C@@H](NC(=O)c1cn[nH]c1-n1cnnn1)c1cc(C)ccn1. The summed E-state index contributed by atoms with van der Waals surface area (Å²) in [6.45, 7) is 3.98.